The number of aromatic nitrogens is 1. The van der Waals surface area contributed by atoms with Crippen LogP contribution in [0, 0.1) is 0 Å². The van der Waals surface area contributed by atoms with Gasteiger partial charge in [0.25, 0.3) is 0 Å². The van der Waals surface area contributed by atoms with Crippen LogP contribution in [0.4, 0.5) is 0 Å². The fourth-order valence-electron chi connectivity index (χ4n) is 1.46. The van der Waals surface area contributed by atoms with Gasteiger partial charge < -0.3 is 0 Å². The van der Waals surface area contributed by atoms with Gasteiger partial charge in [0.05, 0.1) is 10.6 Å². The molecule has 2 heterocycles. The van der Waals surface area contributed by atoms with Crippen LogP contribution in [0.15, 0.2) is 40.7 Å². The minimum absolute atomic E-state index is 0.328. The van der Waals surface area contributed by atoms with Gasteiger partial charge in [0.15, 0.2) is 0 Å². The largest absolute Gasteiger partial charge is 0.255 e. The monoisotopic (exact) mass is 314 g/mol. The number of pyridine rings is 1. The molecule has 7 heteroatoms. The van der Waals surface area contributed by atoms with Gasteiger partial charge in [-0.2, -0.15) is 11.8 Å². The molecule has 2 aromatic heterocycles. The number of hydrogen-bond donors (Lipinski definition) is 1. The first-order chi connectivity index (χ1) is 9.13. The van der Waals surface area contributed by atoms with E-state index in [1.54, 1.807) is 30.1 Å². The molecule has 0 bridgehead atoms. The molecule has 0 aromatic carbocycles. The second kappa shape index (κ2) is 6.51. The summed E-state index contributed by atoms with van der Waals surface area (Å²) < 4.78 is 27.0. The molecule has 0 atom stereocenters. The van der Waals surface area contributed by atoms with Crippen molar-refractivity contribution in [3.05, 3.63) is 36.5 Å². The van der Waals surface area contributed by atoms with Gasteiger partial charge in [-0.3, -0.25) is 4.98 Å². The molecule has 0 spiro atoms. The Morgan fingerprint density at radius 1 is 1.32 bits per heavy atom. The maximum atomic E-state index is 12.0. The van der Waals surface area contributed by atoms with Gasteiger partial charge in [-0.05, 0) is 30.5 Å². The van der Waals surface area contributed by atoms with Crippen molar-refractivity contribution in [2.75, 3.05) is 18.6 Å². The Labute approximate surface area is 121 Å². The normalized spacial score (nSPS) is 11.6. The predicted molar refractivity (Wildman–Crippen MR) is 81.1 cm³/mol. The van der Waals surface area contributed by atoms with Crippen LogP contribution in [-0.4, -0.2) is 32.0 Å². The Hall–Kier alpha value is -0.890. The highest BCUT2D eigenvalue weighted by molar-refractivity contribution is 7.98. The Morgan fingerprint density at radius 2 is 2.16 bits per heavy atom. The molecule has 2 aromatic rings. The zero-order chi connectivity index (χ0) is 13.7. The molecule has 0 saturated heterocycles. The maximum absolute atomic E-state index is 12.0. The molecule has 0 amide bonds. The first-order valence-electron chi connectivity index (χ1n) is 5.63. The molecular formula is C12H14N2O2S3. The van der Waals surface area contributed by atoms with E-state index >= 15 is 0 Å². The summed E-state index contributed by atoms with van der Waals surface area (Å²) in [5.41, 5.74) is 0.790. The predicted octanol–water partition coefficient (Wildman–Crippen LogP) is 2.45. The van der Waals surface area contributed by atoms with Crippen molar-refractivity contribution < 1.29 is 8.42 Å². The molecule has 0 radical (unpaired) electrons. The maximum Gasteiger partial charge on any atom is 0.250 e. The smallest absolute Gasteiger partial charge is 0.250 e. The SMILES string of the molecule is CSCCNS(=O)(=O)c1ccc(-c2ccccn2)s1. The van der Waals surface area contributed by atoms with Crippen LogP contribution in [0.3, 0.4) is 0 Å². The van der Waals surface area contributed by atoms with Crippen molar-refractivity contribution in [2.45, 2.75) is 4.21 Å². The number of thioether (sulfide) groups is 1. The number of nitrogens with one attached hydrogen (secondary N) is 1. The Bertz CT molecular complexity index is 623. The van der Waals surface area contributed by atoms with Crippen LogP contribution in [-0.2, 0) is 10.0 Å². The Balaban J connectivity index is 2.17. The summed E-state index contributed by atoms with van der Waals surface area (Å²) in [6.07, 6.45) is 3.64. The van der Waals surface area contributed by atoms with Crippen LogP contribution in [0.1, 0.15) is 0 Å². The fraction of sp³-hybridized carbons (Fsp3) is 0.250. The Kier molecular flexibility index (Phi) is 4.98. The highest BCUT2D eigenvalue weighted by Crippen LogP contribution is 2.29. The summed E-state index contributed by atoms with van der Waals surface area (Å²) >= 11 is 2.84. The number of sulfonamides is 1. The first-order valence-corrected chi connectivity index (χ1v) is 9.32. The third-order valence-electron chi connectivity index (χ3n) is 2.36. The average Bonchev–Trinajstić information content (AvgIpc) is 2.90. The molecule has 0 aliphatic heterocycles. The summed E-state index contributed by atoms with van der Waals surface area (Å²) in [5, 5.41) is 0. The quantitative estimate of drug-likeness (QED) is 0.832. The van der Waals surface area contributed by atoms with E-state index in [1.807, 2.05) is 24.5 Å². The van der Waals surface area contributed by atoms with Gasteiger partial charge in [0, 0.05) is 18.5 Å². The average molecular weight is 314 g/mol. The highest BCUT2D eigenvalue weighted by Gasteiger charge is 2.16. The van der Waals surface area contributed by atoms with Gasteiger partial charge in [-0.1, -0.05) is 6.07 Å². The zero-order valence-electron chi connectivity index (χ0n) is 10.4. The summed E-state index contributed by atoms with van der Waals surface area (Å²) in [6, 6.07) is 8.99. The summed E-state index contributed by atoms with van der Waals surface area (Å²) in [4.78, 5) is 5.06. The highest BCUT2D eigenvalue weighted by atomic mass is 32.2. The second-order valence-electron chi connectivity index (χ2n) is 3.72. The lowest BCUT2D eigenvalue weighted by atomic mass is 10.3. The van der Waals surface area contributed by atoms with E-state index in [-0.39, 0.29) is 0 Å². The van der Waals surface area contributed by atoms with Crippen molar-refractivity contribution in [1.82, 2.24) is 9.71 Å². The molecule has 19 heavy (non-hydrogen) atoms. The molecule has 0 aliphatic rings. The van der Waals surface area contributed by atoms with Crippen LogP contribution in [0.25, 0.3) is 10.6 Å². The molecule has 0 unspecified atom stereocenters. The molecule has 4 nitrogen and oxygen atoms in total. The van der Waals surface area contributed by atoms with Crippen molar-refractivity contribution >= 4 is 33.1 Å². The second-order valence-corrected chi connectivity index (χ2v) is 7.79. The van der Waals surface area contributed by atoms with Crippen LogP contribution in [0.5, 0.6) is 0 Å². The molecule has 102 valence electrons. The summed E-state index contributed by atoms with van der Waals surface area (Å²) in [5.74, 6) is 0.762. The van der Waals surface area contributed by atoms with Gasteiger partial charge in [0.2, 0.25) is 10.0 Å². The van der Waals surface area contributed by atoms with E-state index in [4.69, 9.17) is 0 Å². The van der Waals surface area contributed by atoms with E-state index < -0.39 is 10.0 Å². The van der Waals surface area contributed by atoms with Crippen LogP contribution >= 0.6 is 23.1 Å². The number of thiophene rings is 1. The van der Waals surface area contributed by atoms with E-state index in [1.165, 1.54) is 11.3 Å². The minimum atomic E-state index is -3.39. The molecular weight excluding hydrogens is 300 g/mol. The van der Waals surface area contributed by atoms with Gasteiger partial charge >= 0.3 is 0 Å². The molecule has 0 saturated carbocycles. The first kappa shape index (κ1) is 14.5. The van der Waals surface area contributed by atoms with Crippen molar-refractivity contribution in [3.8, 4) is 10.6 Å². The third kappa shape index (κ3) is 3.79. The fourth-order valence-corrected chi connectivity index (χ4v) is 4.25. The minimum Gasteiger partial charge on any atom is -0.255 e. The van der Waals surface area contributed by atoms with E-state index in [0.29, 0.717) is 10.8 Å². The van der Waals surface area contributed by atoms with Crippen LogP contribution in [0.2, 0.25) is 0 Å². The lowest BCUT2D eigenvalue weighted by Gasteiger charge is -2.02. The van der Waals surface area contributed by atoms with Gasteiger partial charge in [-0.15, -0.1) is 11.3 Å². The standard InChI is InChI=1S/C12H14N2O2S3/c1-17-9-8-14-19(15,16)12-6-5-11(18-12)10-4-2-3-7-13-10/h2-7,14H,8-9H2,1H3. The zero-order valence-corrected chi connectivity index (χ0v) is 12.8. The number of hydrogen-bond acceptors (Lipinski definition) is 5. The lowest BCUT2D eigenvalue weighted by Crippen LogP contribution is -2.25. The Morgan fingerprint density at radius 3 is 2.84 bits per heavy atom. The van der Waals surface area contributed by atoms with E-state index in [9.17, 15) is 8.42 Å². The van der Waals surface area contributed by atoms with Crippen LogP contribution < -0.4 is 4.72 Å². The third-order valence-corrected chi connectivity index (χ3v) is 6.03. The number of nitrogens with zero attached hydrogens (tertiary/aromatic N) is 1. The van der Waals surface area contributed by atoms with Gasteiger partial charge in [-0.25, -0.2) is 13.1 Å². The molecule has 0 aliphatic carbocycles. The van der Waals surface area contributed by atoms with E-state index in [2.05, 4.69) is 9.71 Å². The van der Waals surface area contributed by atoms with Gasteiger partial charge in [0.1, 0.15) is 4.21 Å². The topological polar surface area (TPSA) is 59.1 Å². The van der Waals surface area contributed by atoms with Crippen molar-refractivity contribution in [2.24, 2.45) is 0 Å². The molecule has 1 N–H and O–H groups in total. The summed E-state index contributed by atoms with van der Waals surface area (Å²) in [7, 11) is -3.39. The van der Waals surface area contributed by atoms with Crippen molar-refractivity contribution in [1.29, 1.82) is 0 Å². The molecule has 2 rings (SSSR count). The van der Waals surface area contributed by atoms with Crippen molar-refractivity contribution in [3.63, 3.8) is 0 Å². The molecule has 0 fully saturated rings. The van der Waals surface area contributed by atoms with E-state index in [0.717, 1.165) is 16.3 Å². The summed E-state index contributed by atoms with van der Waals surface area (Å²) in [6.45, 7) is 0.445. The lowest BCUT2D eigenvalue weighted by molar-refractivity contribution is 0.586. The number of rotatable bonds is 6.